The summed E-state index contributed by atoms with van der Waals surface area (Å²) in [5.74, 6) is 0.888. The normalized spacial score (nSPS) is 13.8. The number of hydrogen-bond donors (Lipinski definition) is 0. The van der Waals surface area contributed by atoms with Crippen molar-refractivity contribution in [2.45, 2.75) is 13.5 Å². The second-order valence-electron chi connectivity index (χ2n) is 8.09. The topological polar surface area (TPSA) is 49.9 Å². The maximum atomic E-state index is 12.6. The minimum atomic E-state index is 0.0194. The van der Waals surface area contributed by atoms with Crippen LogP contribution in [0.15, 0.2) is 84.9 Å². The van der Waals surface area contributed by atoms with Gasteiger partial charge in [0.15, 0.2) is 5.78 Å². The molecule has 1 amide bonds. The van der Waals surface area contributed by atoms with Crippen molar-refractivity contribution in [3.05, 3.63) is 102 Å². The van der Waals surface area contributed by atoms with Gasteiger partial charge in [-0.2, -0.15) is 0 Å². The molecule has 0 aliphatic carbocycles. The third-order valence-electron chi connectivity index (χ3n) is 5.78. The van der Waals surface area contributed by atoms with Crippen LogP contribution in [0.3, 0.4) is 0 Å². The molecule has 0 radical (unpaired) electrons. The summed E-state index contributed by atoms with van der Waals surface area (Å²) in [7, 11) is 0. The molecule has 3 aromatic carbocycles. The quantitative estimate of drug-likeness (QED) is 0.390. The monoisotopic (exact) mass is 440 g/mol. The minimum absolute atomic E-state index is 0.0194. The summed E-state index contributed by atoms with van der Waals surface area (Å²) in [6.07, 6.45) is 3.48. The fourth-order valence-corrected chi connectivity index (χ4v) is 3.78. The lowest BCUT2D eigenvalue weighted by atomic mass is 10.1. The van der Waals surface area contributed by atoms with Gasteiger partial charge in [0.25, 0.3) is 0 Å². The van der Waals surface area contributed by atoms with E-state index < -0.39 is 0 Å². The van der Waals surface area contributed by atoms with Crippen molar-refractivity contribution in [1.29, 1.82) is 0 Å². The molecule has 4 rings (SSSR count). The number of carbonyl (C=O) groups is 2. The van der Waals surface area contributed by atoms with Crippen LogP contribution in [-0.4, -0.2) is 42.8 Å². The average Bonchev–Trinajstić information content (AvgIpc) is 2.87. The van der Waals surface area contributed by atoms with Crippen LogP contribution in [0.25, 0.3) is 6.08 Å². The van der Waals surface area contributed by atoms with Gasteiger partial charge in [-0.15, -0.1) is 0 Å². The standard InChI is InChI=1S/C28H28N2O3/c1-22(31)25-10-12-26(13-11-25)29-17-19-30(20-18-29)28(32)16-9-23-7-14-27(15-8-23)33-21-24-5-3-2-4-6-24/h2-16H,17-21H2,1H3. The van der Waals surface area contributed by atoms with E-state index in [1.54, 1.807) is 13.0 Å². The van der Waals surface area contributed by atoms with E-state index in [1.165, 1.54) is 0 Å². The molecule has 33 heavy (non-hydrogen) atoms. The fourth-order valence-electron chi connectivity index (χ4n) is 3.78. The van der Waals surface area contributed by atoms with Gasteiger partial charge in [0.2, 0.25) is 5.91 Å². The van der Waals surface area contributed by atoms with Crippen molar-refractivity contribution >= 4 is 23.5 Å². The molecule has 1 aliphatic heterocycles. The van der Waals surface area contributed by atoms with Gasteiger partial charge in [-0.05, 0) is 60.5 Å². The molecule has 0 aromatic heterocycles. The number of rotatable bonds is 7. The molecule has 5 nitrogen and oxygen atoms in total. The first-order chi connectivity index (χ1) is 16.1. The SMILES string of the molecule is CC(=O)c1ccc(N2CCN(C(=O)C=Cc3ccc(OCc4ccccc4)cc3)CC2)cc1. The molecular weight excluding hydrogens is 412 g/mol. The second-order valence-corrected chi connectivity index (χ2v) is 8.09. The van der Waals surface area contributed by atoms with Crippen molar-refractivity contribution in [3.63, 3.8) is 0 Å². The highest BCUT2D eigenvalue weighted by Crippen LogP contribution is 2.19. The second kappa shape index (κ2) is 10.6. The van der Waals surface area contributed by atoms with Crippen LogP contribution in [0.2, 0.25) is 0 Å². The van der Waals surface area contributed by atoms with E-state index in [1.807, 2.05) is 89.8 Å². The highest BCUT2D eigenvalue weighted by atomic mass is 16.5. The van der Waals surface area contributed by atoms with Crippen molar-refractivity contribution in [1.82, 2.24) is 4.90 Å². The summed E-state index contributed by atoms with van der Waals surface area (Å²) in [6.45, 7) is 4.98. The highest BCUT2D eigenvalue weighted by Gasteiger charge is 2.19. The molecule has 1 saturated heterocycles. The highest BCUT2D eigenvalue weighted by molar-refractivity contribution is 5.94. The first-order valence-electron chi connectivity index (χ1n) is 11.2. The van der Waals surface area contributed by atoms with Gasteiger partial charge in [-0.25, -0.2) is 0 Å². The van der Waals surface area contributed by atoms with Crippen LogP contribution in [0.5, 0.6) is 5.75 Å². The van der Waals surface area contributed by atoms with Crippen LogP contribution >= 0.6 is 0 Å². The number of nitrogens with zero attached hydrogens (tertiary/aromatic N) is 2. The number of benzene rings is 3. The average molecular weight is 441 g/mol. The van der Waals surface area contributed by atoms with Crippen LogP contribution in [-0.2, 0) is 11.4 Å². The number of piperazine rings is 1. The van der Waals surface area contributed by atoms with E-state index in [9.17, 15) is 9.59 Å². The summed E-state index contributed by atoms with van der Waals surface area (Å²) in [5.41, 5.74) is 3.88. The van der Waals surface area contributed by atoms with Gasteiger partial charge in [0, 0.05) is 43.5 Å². The molecule has 0 unspecified atom stereocenters. The van der Waals surface area contributed by atoms with Crippen LogP contribution in [0, 0.1) is 0 Å². The number of carbonyl (C=O) groups excluding carboxylic acids is 2. The first-order valence-corrected chi connectivity index (χ1v) is 11.2. The molecular formula is C28H28N2O3. The van der Waals surface area contributed by atoms with Crippen molar-refractivity contribution in [3.8, 4) is 5.75 Å². The van der Waals surface area contributed by atoms with Crippen LogP contribution in [0.1, 0.15) is 28.4 Å². The Balaban J connectivity index is 1.25. The van der Waals surface area contributed by atoms with Crippen molar-refractivity contribution in [2.24, 2.45) is 0 Å². The van der Waals surface area contributed by atoms with Gasteiger partial charge in [-0.1, -0.05) is 42.5 Å². The van der Waals surface area contributed by atoms with E-state index >= 15 is 0 Å². The lowest BCUT2D eigenvalue weighted by molar-refractivity contribution is -0.126. The van der Waals surface area contributed by atoms with Crippen molar-refractivity contribution in [2.75, 3.05) is 31.1 Å². The Morgan fingerprint density at radius 2 is 1.52 bits per heavy atom. The largest absolute Gasteiger partial charge is 0.489 e. The van der Waals surface area contributed by atoms with Crippen LogP contribution in [0.4, 0.5) is 5.69 Å². The number of amides is 1. The molecule has 1 fully saturated rings. The van der Waals surface area contributed by atoms with Gasteiger partial charge >= 0.3 is 0 Å². The van der Waals surface area contributed by atoms with E-state index in [-0.39, 0.29) is 11.7 Å². The third kappa shape index (κ3) is 6.10. The van der Waals surface area contributed by atoms with E-state index in [0.29, 0.717) is 25.3 Å². The van der Waals surface area contributed by atoms with E-state index in [0.717, 1.165) is 35.7 Å². The zero-order chi connectivity index (χ0) is 23.0. The summed E-state index contributed by atoms with van der Waals surface area (Å²) in [6, 6.07) is 25.5. The summed E-state index contributed by atoms with van der Waals surface area (Å²) in [4.78, 5) is 28.2. The van der Waals surface area contributed by atoms with E-state index in [2.05, 4.69) is 4.90 Å². The number of anilines is 1. The Morgan fingerprint density at radius 3 is 2.15 bits per heavy atom. The fraction of sp³-hybridized carbons (Fsp3) is 0.214. The predicted molar refractivity (Wildman–Crippen MR) is 131 cm³/mol. The molecule has 0 saturated carbocycles. The Hall–Kier alpha value is -3.86. The number of ketones is 1. The Kier molecular flexibility index (Phi) is 7.20. The molecule has 168 valence electrons. The van der Waals surface area contributed by atoms with Crippen molar-refractivity contribution < 1.29 is 14.3 Å². The molecule has 0 spiro atoms. The molecule has 3 aromatic rings. The molecule has 1 aliphatic rings. The zero-order valence-corrected chi connectivity index (χ0v) is 18.8. The molecule has 1 heterocycles. The first kappa shape index (κ1) is 22.3. The minimum Gasteiger partial charge on any atom is -0.489 e. The molecule has 0 bridgehead atoms. The summed E-state index contributed by atoms with van der Waals surface area (Å²) >= 11 is 0. The Bertz CT molecular complexity index is 1100. The summed E-state index contributed by atoms with van der Waals surface area (Å²) < 4.78 is 5.81. The lowest BCUT2D eigenvalue weighted by Crippen LogP contribution is -2.48. The van der Waals surface area contributed by atoms with Gasteiger partial charge in [0.1, 0.15) is 12.4 Å². The maximum absolute atomic E-state index is 12.6. The Morgan fingerprint density at radius 1 is 0.848 bits per heavy atom. The summed E-state index contributed by atoms with van der Waals surface area (Å²) in [5, 5.41) is 0. The molecule has 5 heteroatoms. The number of Topliss-reactive ketones (excluding diaryl/α,β-unsaturated/α-hetero) is 1. The smallest absolute Gasteiger partial charge is 0.246 e. The molecule has 0 atom stereocenters. The van der Waals surface area contributed by atoms with Gasteiger partial charge in [0.05, 0.1) is 0 Å². The Labute approximate surface area is 194 Å². The maximum Gasteiger partial charge on any atom is 0.246 e. The van der Waals surface area contributed by atoms with E-state index in [4.69, 9.17) is 4.74 Å². The van der Waals surface area contributed by atoms with Crippen LogP contribution < -0.4 is 9.64 Å². The molecule has 0 N–H and O–H groups in total. The van der Waals surface area contributed by atoms with Gasteiger partial charge < -0.3 is 14.5 Å². The predicted octanol–water partition coefficient (Wildman–Crippen LogP) is 4.83. The third-order valence-corrected chi connectivity index (χ3v) is 5.78. The number of hydrogen-bond acceptors (Lipinski definition) is 4. The zero-order valence-electron chi connectivity index (χ0n) is 18.8. The van der Waals surface area contributed by atoms with Gasteiger partial charge in [-0.3, -0.25) is 9.59 Å². The number of ether oxygens (including phenoxy) is 1. The lowest BCUT2D eigenvalue weighted by Gasteiger charge is -2.35.